The van der Waals surface area contributed by atoms with Crippen molar-refractivity contribution >= 4 is 0 Å². The van der Waals surface area contributed by atoms with E-state index in [4.69, 9.17) is 6.42 Å². The Morgan fingerprint density at radius 1 is 0.889 bits per heavy atom. The number of aliphatic hydroxyl groups is 1. The van der Waals surface area contributed by atoms with Gasteiger partial charge >= 0.3 is 0 Å². The fourth-order valence-electron chi connectivity index (χ4n) is 2.75. The second-order valence-electron chi connectivity index (χ2n) is 4.67. The highest BCUT2D eigenvalue weighted by atomic mass is 16.3. The zero-order valence-corrected chi connectivity index (χ0v) is 10.1. The van der Waals surface area contributed by atoms with Crippen LogP contribution < -0.4 is 0 Å². The molecular weight excluding hydrogens is 220 g/mol. The first-order chi connectivity index (χ1) is 8.75. The molecule has 0 saturated carbocycles. The van der Waals surface area contributed by atoms with Crippen molar-refractivity contribution in [3.8, 4) is 12.3 Å². The highest BCUT2D eigenvalue weighted by molar-refractivity contribution is 5.52. The number of benzene rings is 2. The van der Waals surface area contributed by atoms with Gasteiger partial charge in [-0.05, 0) is 24.0 Å². The van der Waals surface area contributed by atoms with E-state index in [2.05, 4.69) is 5.92 Å². The third kappa shape index (κ3) is 1.47. The van der Waals surface area contributed by atoms with Crippen molar-refractivity contribution in [3.05, 3.63) is 70.8 Å². The van der Waals surface area contributed by atoms with Gasteiger partial charge in [-0.1, -0.05) is 54.5 Å². The average Bonchev–Trinajstić information content (AvgIpc) is 2.56. The van der Waals surface area contributed by atoms with Crippen LogP contribution in [0.4, 0.5) is 0 Å². The lowest BCUT2D eigenvalue weighted by molar-refractivity contribution is 0.145. The van der Waals surface area contributed by atoms with Gasteiger partial charge in [-0.15, -0.1) is 6.42 Å². The normalized spacial score (nSPS) is 16.0. The third-order valence-electron chi connectivity index (χ3n) is 3.69. The molecule has 1 heteroatoms. The van der Waals surface area contributed by atoms with Crippen molar-refractivity contribution < 1.29 is 5.11 Å². The van der Waals surface area contributed by atoms with Gasteiger partial charge in [0.2, 0.25) is 0 Å². The van der Waals surface area contributed by atoms with Gasteiger partial charge in [0.05, 0.1) is 0 Å². The summed E-state index contributed by atoms with van der Waals surface area (Å²) in [5, 5.41) is 10.9. The maximum atomic E-state index is 10.9. The molecule has 0 aromatic heterocycles. The highest BCUT2D eigenvalue weighted by Gasteiger charge is 2.34. The second kappa shape index (κ2) is 4.01. The Labute approximate surface area is 107 Å². The van der Waals surface area contributed by atoms with Gasteiger partial charge < -0.3 is 5.11 Å². The Hall–Kier alpha value is -2.04. The number of rotatable bonds is 0. The lowest BCUT2D eigenvalue weighted by Crippen LogP contribution is -2.26. The Morgan fingerprint density at radius 3 is 1.78 bits per heavy atom. The zero-order chi connectivity index (χ0) is 12.6. The average molecular weight is 234 g/mol. The van der Waals surface area contributed by atoms with E-state index < -0.39 is 5.60 Å². The van der Waals surface area contributed by atoms with E-state index in [1.54, 1.807) is 0 Å². The molecule has 0 heterocycles. The van der Waals surface area contributed by atoms with Gasteiger partial charge in [0.15, 0.2) is 5.60 Å². The minimum Gasteiger partial charge on any atom is -0.369 e. The van der Waals surface area contributed by atoms with Crippen LogP contribution in [-0.2, 0) is 18.4 Å². The summed E-state index contributed by atoms with van der Waals surface area (Å²) in [6, 6.07) is 15.8. The lowest BCUT2D eigenvalue weighted by Gasteiger charge is -2.25. The molecule has 1 nitrogen and oxygen atoms in total. The minimum absolute atomic E-state index is 0.845. The molecule has 0 saturated heterocycles. The molecule has 0 spiro atoms. The van der Waals surface area contributed by atoms with Crippen molar-refractivity contribution in [2.75, 3.05) is 0 Å². The maximum Gasteiger partial charge on any atom is 0.177 e. The number of hydrogen-bond acceptors (Lipinski definition) is 1. The molecule has 1 N–H and O–H groups in total. The van der Waals surface area contributed by atoms with Gasteiger partial charge in [0, 0.05) is 11.1 Å². The fourth-order valence-corrected chi connectivity index (χ4v) is 2.75. The summed E-state index contributed by atoms with van der Waals surface area (Å²) in [4.78, 5) is 0. The zero-order valence-electron chi connectivity index (χ0n) is 10.1. The SMILES string of the molecule is C#CC1(O)c2ccccc2CCc2ccccc21. The minimum atomic E-state index is -1.30. The summed E-state index contributed by atoms with van der Waals surface area (Å²) in [5.74, 6) is 2.59. The molecule has 1 aliphatic carbocycles. The number of aryl methyl sites for hydroxylation is 2. The van der Waals surface area contributed by atoms with E-state index in [0.717, 1.165) is 35.1 Å². The van der Waals surface area contributed by atoms with Crippen molar-refractivity contribution in [3.63, 3.8) is 0 Å². The standard InChI is InChI=1S/C17H14O/c1-2-17(18)15-9-5-3-7-13(15)11-12-14-8-4-6-10-16(14)17/h1,3-10,18H,11-12H2. The first-order valence-corrected chi connectivity index (χ1v) is 6.12. The van der Waals surface area contributed by atoms with Crippen LogP contribution in [0.3, 0.4) is 0 Å². The summed E-state index contributed by atoms with van der Waals surface area (Å²) >= 11 is 0. The Balaban J connectivity index is 2.33. The van der Waals surface area contributed by atoms with Crippen LogP contribution in [0, 0.1) is 12.3 Å². The van der Waals surface area contributed by atoms with E-state index in [1.807, 2.05) is 48.5 Å². The number of fused-ring (bicyclic) bond motifs is 2. The van der Waals surface area contributed by atoms with Crippen LogP contribution in [-0.4, -0.2) is 5.11 Å². The lowest BCUT2D eigenvalue weighted by atomic mass is 9.84. The van der Waals surface area contributed by atoms with Crippen LogP contribution in [0.25, 0.3) is 0 Å². The molecule has 0 fully saturated rings. The number of hydrogen-bond donors (Lipinski definition) is 1. The molecule has 0 radical (unpaired) electrons. The van der Waals surface area contributed by atoms with Crippen molar-refractivity contribution in [1.82, 2.24) is 0 Å². The van der Waals surface area contributed by atoms with Gasteiger partial charge in [-0.3, -0.25) is 0 Å². The molecule has 2 aromatic rings. The molecular formula is C17H14O. The number of terminal acetylenes is 1. The summed E-state index contributed by atoms with van der Waals surface area (Å²) < 4.78 is 0. The smallest absolute Gasteiger partial charge is 0.177 e. The van der Waals surface area contributed by atoms with E-state index >= 15 is 0 Å². The molecule has 3 rings (SSSR count). The summed E-state index contributed by atoms with van der Waals surface area (Å²) in [5.41, 5.74) is 2.65. The molecule has 0 unspecified atom stereocenters. The van der Waals surface area contributed by atoms with E-state index in [1.165, 1.54) is 0 Å². The Morgan fingerprint density at radius 2 is 1.33 bits per heavy atom. The van der Waals surface area contributed by atoms with E-state index in [9.17, 15) is 5.11 Å². The van der Waals surface area contributed by atoms with Crippen molar-refractivity contribution in [2.45, 2.75) is 18.4 Å². The van der Waals surface area contributed by atoms with Crippen LogP contribution in [0.15, 0.2) is 48.5 Å². The highest BCUT2D eigenvalue weighted by Crippen LogP contribution is 2.36. The van der Waals surface area contributed by atoms with Crippen molar-refractivity contribution in [2.24, 2.45) is 0 Å². The summed E-state index contributed by atoms with van der Waals surface area (Å²) in [6.45, 7) is 0. The quantitative estimate of drug-likeness (QED) is 0.695. The van der Waals surface area contributed by atoms with Crippen molar-refractivity contribution in [1.29, 1.82) is 0 Å². The van der Waals surface area contributed by atoms with E-state index in [-0.39, 0.29) is 0 Å². The first-order valence-electron chi connectivity index (χ1n) is 6.12. The molecule has 18 heavy (non-hydrogen) atoms. The molecule has 0 amide bonds. The first kappa shape index (κ1) is 11.1. The van der Waals surface area contributed by atoms with Gasteiger partial charge in [0.1, 0.15) is 0 Å². The van der Waals surface area contributed by atoms with Gasteiger partial charge in [0.25, 0.3) is 0 Å². The molecule has 0 aliphatic heterocycles. The summed E-state index contributed by atoms with van der Waals surface area (Å²) in [6.07, 6.45) is 7.46. The maximum absolute atomic E-state index is 10.9. The third-order valence-corrected chi connectivity index (χ3v) is 3.69. The largest absolute Gasteiger partial charge is 0.369 e. The van der Waals surface area contributed by atoms with Crippen LogP contribution in [0.1, 0.15) is 22.3 Å². The summed E-state index contributed by atoms with van der Waals surface area (Å²) in [7, 11) is 0. The molecule has 0 atom stereocenters. The van der Waals surface area contributed by atoms with E-state index in [0.29, 0.717) is 0 Å². The monoisotopic (exact) mass is 234 g/mol. The van der Waals surface area contributed by atoms with Gasteiger partial charge in [-0.2, -0.15) is 0 Å². The Kier molecular flexibility index (Phi) is 2.47. The van der Waals surface area contributed by atoms with Crippen LogP contribution >= 0.6 is 0 Å². The molecule has 0 bridgehead atoms. The van der Waals surface area contributed by atoms with Gasteiger partial charge in [-0.25, -0.2) is 0 Å². The predicted octanol–water partition coefficient (Wildman–Crippen LogP) is 2.65. The molecule has 88 valence electrons. The van der Waals surface area contributed by atoms with Crippen LogP contribution in [0.2, 0.25) is 0 Å². The molecule has 1 aliphatic rings. The predicted molar refractivity (Wildman–Crippen MR) is 72.1 cm³/mol. The molecule has 2 aromatic carbocycles. The topological polar surface area (TPSA) is 20.2 Å². The second-order valence-corrected chi connectivity index (χ2v) is 4.67. The van der Waals surface area contributed by atoms with Crippen LogP contribution in [0.5, 0.6) is 0 Å². The Bertz CT molecular complexity index is 587. The fraction of sp³-hybridized carbons (Fsp3) is 0.176.